The molecule has 0 unspecified atom stereocenters. The topological polar surface area (TPSA) is 88.2 Å². The van der Waals surface area contributed by atoms with Gasteiger partial charge in [0.25, 0.3) is 5.91 Å². The minimum atomic E-state index is -4.73. The number of aryl methyl sites for hydroxylation is 1. The van der Waals surface area contributed by atoms with E-state index in [4.69, 9.17) is 0 Å². The van der Waals surface area contributed by atoms with Gasteiger partial charge in [-0.3, -0.25) is 4.79 Å². The standard InChI is InChI=1S/C20H21F4N3O3S/c1-12-4-5-15(21)10-14(12)11-25-18-16(6-7-17(27-18)20(22,23)24)19(28)26-13(2)8-9-31(3,29)30/h4-10,13H,11H2,1-3H3,(H,25,27)(H,26,28)/b9-8+/t13-/m0/s1. The van der Waals surface area contributed by atoms with Crippen molar-refractivity contribution in [2.75, 3.05) is 11.6 Å². The SMILES string of the molecule is Cc1ccc(F)cc1CNc1nc(C(F)(F)F)ccc1C(=O)N[C@@H](C)/C=C/S(C)(=O)=O. The molecule has 0 saturated carbocycles. The average Bonchev–Trinajstić information content (AvgIpc) is 2.65. The molecule has 1 atom stereocenters. The number of carbonyl (C=O) groups is 1. The number of anilines is 1. The highest BCUT2D eigenvalue weighted by Gasteiger charge is 2.33. The predicted molar refractivity (Wildman–Crippen MR) is 109 cm³/mol. The molecule has 0 bridgehead atoms. The summed E-state index contributed by atoms with van der Waals surface area (Å²) in [5, 5.41) is 6.05. The van der Waals surface area contributed by atoms with Crippen molar-refractivity contribution < 1.29 is 30.8 Å². The average molecular weight is 459 g/mol. The lowest BCUT2D eigenvalue weighted by atomic mass is 10.1. The van der Waals surface area contributed by atoms with E-state index in [1.54, 1.807) is 6.92 Å². The quantitative estimate of drug-likeness (QED) is 0.615. The zero-order chi connectivity index (χ0) is 23.4. The summed E-state index contributed by atoms with van der Waals surface area (Å²) in [6.45, 7) is 3.14. The van der Waals surface area contributed by atoms with E-state index >= 15 is 0 Å². The first kappa shape index (κ1) is 24.3. The number of benzene rings is 1. The van der Waals surface area contributed by atoms with Crippen LogP contribution < -0.4 is 10.6 Å². The molecule has 0 fully saturated rings. The second kappa shape index (κ2) is 9.46. The molecule has 0 aliphatic heterocycles. The number of nitrogens with zero attached hydrogens (tertiary/aromatic N) is 1. The highest BCUT2D eigenvalue weighted by Crippen LogP contribution is 2.30. The van der Waals surface area contributed by atoms with Gasteiger partial charge in [0.1, 0.15) is 17.3 Å². The van der Waals surface area contributed by atoms with Gasteiger partial charge in [0.05, 0.1) is 5.56 Å². The molecule has 2 N–H and O–H groups in total. The molecule has 1 amide bonds. The van der Waals surface area contributed by atoms with Crippen LogP contribution in [0.4, 0.5) is 23.4 Å². The number of carbonyl (C=O) groups excluding carboxylic acids is 1. The summed E-state index contributed by atoms with van der Waals surface area (Å²) < 4.78 is 75.2. The Morgan fingerprint density at radius 3 is 2.52 bits per heavy atom. The maximum Gasteiger partial charge on any atom is 0.433 e. The van der Waals surface area contributed by atoms with Gasteiger partial charge in [0.2, 0.25) is 0 Å². The van der Waals surface area contributed by atoms with Gasteiger partial charge < -0.3 is 10.6 Å². The van der Waals surface area contributed by atoms with Crippen LogP contribution in [0.3, 0.4) is 0 Å². The minimum absolute atomic E-state index is 0.0677. The van der Waals surface area contributed by atoms with E-state index in [2.05, 4.69) is 15.6 Å². The fourth-order valence-corrected chi connectivity index (χ4v) is 3.06. The van der Waals surface area contributed by atoms with Crippen LogP contribution in [0.15, 0.2) is 41.8 Å². The van der Waals surface area contributed by atoms with E-state index in [1.807, 2.05) is 0 Å². The molecule has 0 saturated heterocycles. The lowest BCUT2D eigenvalue weighted by molar-refractivity contribution is -0.141. The van der Waals surface area contributed by atoms with Gasteiger partial charge in [-0.1, -0.05) is 12.1 Å². The van der Waals surface area contributed by atoms with Gasteiger partial charge in [0.15, 0.2) is 9.84 Å². The molecule has 0 spiro atoms. The molecule has 0 radical (unpaired) electrons. The minimum Gasteiger partial charge on any atom is -0.365 e. The number of amides is 1. The van der Waals surface area contributed by atoms with Crippen LogP contribution in [0.1, 0.15) is 34.1 Å². The molecule has 6 nitrogen and oxygen atoms in total. The Hall–Kier alpha value is -2.95. The number of alkyl halides is 3. The highest BCUT2D eigenvalue weighted by molar-refractivity contribution is 7.93. The van der Waals surface area contributed by atoms with Crippen molar-refractivity contribution in [1.29, 1.82) is 0 Å². The van der Waals surface area contributed by atoms with E-state index in [9.17, 15) is 30.8 Å². The molecule has 168 valence electrons. The molecule has 1 heterocycles. The maximum atomic E-state index is 13.5. The van der Waals surface area contributed by atoms with Crippen LogP contribution in [-0.2, 0) is 22.6 Å². The Labute approximate surface area is 177 Å². The molecule has 1 aromatic heterocycles. The number of halogens is 4. The van der Waals surface area contributed by atoms with E-state index in [-0.39, 0.29) is 17.9 Å². The van der Waals surface area contributed by atoms with Crippen molar-refractivity contribution in [3.8, 4) is 0 Å². The van der Waals surface area contributed by atoms with Crippen molar-refractivity contribution in [3.05, 3.63) is 70.0 Å². The van der Waals surface area contributed by atoms with E-state index < -0.39 is 39.5 Å². The van der Waals surface area contributed by atoms with E-state index in [1.165, 1.54) is 31.2 Å². The van der Waals surface area contributed by atoms with Crippen LogP contribution >= 0.6 is 0 Å². The second-order valence-corrected chi connectivity index (χ2v) is 8.87. The van der Waals surface area contributed by atoms with Gasteiger partial charge >= 0.3 is 6.18 Å². The smallest absolute Gasteiger partial charge is 0.365 e. The van der Waals surface area contributed by atoms with Gasteiger partial charge in [-0.2, -0.15) is 13.2 Å². The van der Waals surface area contributed by atoms with Crippen molar-refractivity contribution in [2.24, 2.45) is 0 Å². The summed E-state index contributed by atoms with van der Waals surface area (Å²) in [6, 6.07) is 4.93. The van der Waals surface area contributed by atoms with E-state index in [0.29, 0.717) is 17.2 Å². The Balaban J connectivity index is 2.32. The molecule has 31 heavy (non-hydrogen) atoms. The normalized spacial score (nSPS) is 13.3. The summed E-state index contributed by atoms with van der Waals surface area (Å²) in [7, 11) is -3.41. The van der Waals surface area contributed by atoms with Crippen LogP contribution in [0.25, 0.3) is 0 Å². The second-order valence-electron chi connectivity index (χ2n) is 6.93. The molecule has 0 aliphatic carbocycles. The lowest BCUT2D eigenvalue weighted by Gasteiger charge is -2.16. The fourth-order valence-electron chi connectivity index (χ4n) is 2.54. The van der Waals surface area contributed by atoms with Crippen LogP contribution in [0.2, 0.25) is 0 Å². The van der Waals surface area contributed by atoms with Crippen LogP contribution in [0, 0.1) is 12.7 Å². The first-order valence-electron chi connectivity index (χ1n) is 9.02. The Kier molecular flexibility index (Phi) is 7.42. The van der Waals surface area contributed by atoms with Crippen LogP contribution in [0.5, 0.6) is 0 Å². The number of sulfone groups is 1. The van der Waals surface area contributed by atoms with Crippen molar-refractivity contribution in [1.82, 2.24) is 10.3 Å². The summed E-state index contributed by atoms with van der Waals surface area (Å²) >= 11 is 0. The third-order valence-corrected chi connectivity index (χ3v) is 4.81. The fraction of sp³-hybridized carbons (Fsp3) is 0.300. The number of hydrogen-bond donors (Lipinski definition) is 2. The third-order valence-electron chi connectivity index (χ3n) is 4.16. The number of rotatable bonds is 7. The maximum absolute atomic E-state index is 13.5. The molecule has 2 rings (SSSR count). The molecule has 0 aliphatic rings. The van der Waals surface area contributed by atoms with Gasteiger partial charge in [-0.15, -0.1) is 0 Å². The Morgan fingerprint density at radius 2 is 1.90 bits per heavy atom. The van der Waals surface area contributed by atoms with Crippen molar-refractivity contribution >= 4 is 21.6 Å². The van der Waals surface area contributed by atoms with Crippen molar-refractivity contribution in [3.63, 3.8) is 0 Å². The monoisotopic (exact) mass is 459 g/mol. The highest BCUT2D eigenvalue weighted by atomic mass is 32.2. The van der Waals surface area contributed by atoms with Crippen LogP contribution in [-0.4, -0.2) is 31.6 Å². The summed E-state index contributed by atoms with van der Waals surface area (Å²) in [6.07, 6.45) is -2.52. The summed E-state index contributed by atoms with van der Waals surface area (Å²) in [4.78, 5) is 16.1. The number of hydrogen-bond acceptors (Lipinski definition) is 5. The summed E-state index contributed by atoms with van der Waals surface area (Å²) in [5.41, 5.74) is -0.198. The van der Waals surface area contributed by atoms with Gasteiger partial charge in [-0.25, -0.2) is 17.8 Å². The zero-order valence-electron chi connectivity index (χ0n) is 16.9. The Morgan fingerprint density at radius 1 is 1.23 bits per heavy atom. The Bertz CT molecular complexity index is 1100. The lowest BCUT2D eigenvalue weighted by Crippen LogP contribution is -2.32. The zero-order valence-corrected chi connectivity index (χ0v) is 17.7. The predicted octanol–water partition coefficient (Wildman–Crippen LogP) is 3.84. The largest absolute Gasteiger partial charge is 0.433 e. The third kappa shape index (κ3) is 7.35. The summed E-state index contributed by atoms with van der Waals surface area (Å²) in [5.74, 6) is -1.61. The molecule has 11 heteroatoms. The number of pyridine rings is 1. The first-order chi connectivity index (χ1) is 14.3. The molecule has 1 aromatic carbocycles. The van der Waals surface area contributed by atoms with Crippen molar-refractivity contribution in [2.45, 2.75) is 32.6 Å². The van der Waals surface area contributed by atoms with Gasteiger partial charge in [0, 0.05) is 24.3 Å². The molecular weight excluding hydrogens is 438 g/mol. The van der Waals surface area contributed by atoms with Gasteiger partial charge in [-0.05, 0) is 49.2 Å². The van der Waals surface area contributed by atoms with E-state index in [0.717, 1.165) is 17.7 Å². The number of nitrogens with one attached hydrogen (secondary N) is 2. The first-order valence-corrected chi connectivity index (χ1v) is 11.0. The molecular formula is C20H21F4N3O3S. The number of aromatic nitrogens is 1. The molecule has 2 aromatic rings.